The molecule has 0 amide bonds. The van der Waals surface area contributed by atoms with Gasteiger partial charge in [0.2, 0.25) is 0 Å². The average Bonchev–Trinajstić information content (AvgIpc) is 2.50. The Hall–Kier alpha value is -1.77. The summed E-state index contributed by atoms with van der Waals surface area (Å²) in [7, 11) is 0. The van der Waals surface area contributed by atoms with E-state index in [9.17, 15) is 4.79 Å². The van der Waals surface area contributed by atoms with Gasteiger partial charge in [0.1, 0.15) is 5.02 Å². The number of pyridine rings is 1. The molecule has 0 fully saturated rings. The Morgan fingerprint density at radius 1 is 0.850 bits per heavy atom. The molecule has 0 aliphatic carbocycles. The first-order valence-electron chi connectivity index (χ1n) is 6.19. The molecular weight excluding hydrogens is 293 g/mol. The van der Waals surface area contributed by atoms with Crippen molar-refractivity contribution in [1.82, 2.24) is 4.57 Å². The predicted molar refractivity (Wildman–Crippen MR) is 83.8 cm³/mol. The minimum Gasteiger partial charge on any atom is -0.302 e. The molecular formula is C16H11Cl2NO. The molecule has 0 saturated heterocycles. The van der Waals surface area contributed by atoms with Crippen molar-refractivity contribution >= 4 is 34.1 Å². The third-order valence-electron chi connectivity index (χ3n) is 3.24. The number of hydrogen-bond donors (Lipinski definition) is 0. The van der Waals surface area contributed by atoms with E-state index >= 15 is 0 Å². The number of para-hydroxylation sites is 1. The summed E-state index contributed by atoms with van der Waals surface area (Å²) < 4.78 is 1.65. The Morgan fingerprint density at radius 3 is 2.25 bits per heavy atom. The molecule has 3 rings (SSSR count). The summed E-state index contributed by atoms with van der Waals surface area (Å²) >= 11 is 12.2. The fraction of sp³-hybridized carbons (Fsp3) is 0.0625. The lowest BCUT2D eigenvalue weighted by Gasteiger charge is -2.12. The van der Waals surface area contributed by atoms with E-state index in [0.29, 0.717) is 11.6 Å². The molecule has 1 heterocycles. The van der Waals surface area contributed by atoms with E-state index in [4.69, 9.17) is 23.2 Å². The largest absolute Gasteiger partial charge is 0.302 e. The van der Waals surface area contributed by atoms with Crippen molar-refractivity contribution in [2.45, 2.75) is 6.54 Å². The van der Waals surface area contributed by atoms with Crippen molar-refractivity contribution in [1.29, 1.82) is 0 Å². The first-order valence-corrected chi connectivity index (χ1v) is 6.94. The zero-order valence-electron chi connectivity index (χ0n) is 10.5. The minimum absolute atomic E-state index is 0.0706. The van der Waals surface area contributed by atoms with Crippen LogP contribution < -0.4 is 5.56 Å². The van der Waals surface area contributed by atoms with E-state index in [0.717, 1.165) is 16.5 Å². The van der Waals surface area contributed by atoms with E-state index in [-0.39, 0.29) is 10.6 Å². The van der Waals surface area contributed by atoms with Gasteiger partial charge in [-0.05, 0) is 11.6 Å². The first-order chi connectivity index (χ1) is 9.68. The van der Waals surface area contributed by atoms with Gasteiger partial charge < -0.3 is 4.57 Å². The summed E-state index contributed by atoms with van der Waals surface area (Å²) in [5.74, 6) is 0. The van der Waals surface area contributed by atoms with Crippen molar-refractivity contribution in [2.75, 3.05) is 0 Å². The summed E-state index contributed by atoms with van der Waals surface area (Å²) in [6.45, 7) is 0.469. The van der Waals surface area contributed by atoms with Crippen LogP contribution in [-0.4, -0.2) is 4.57 Å². The van der Waals surface area contributed by atoms with Crippen molar-refractivity contribution in [3.05, 3.63) is 80.6 Å². The van der Waals surface area contributed by atoms with Gasteiger partial charge in [-0.25, -0.2) is 0 Å². The number of hydrogen-bond acceptors (Lipinski definition) is 1. The third-order valence-corrected chi connectivity index (χ3v) is 4.08. The highest BCUT2D eigenvalue weighted by atomic mass is 35.5. The molecule has 3 aromatic rings. The van der Waals surface area contributed by atoms with Gasteiger partial charge in [0.25, 0.3) is 5.56 Å². The lowest BCUT2D eigenvalue weighted by Crippen LogP contribution is -2.22. The number of benzene rings is 2. The van der Waals surface area contributed by atoms with Crippen molar-refractivity contribution in [3.8, 4) is 0 Å². The van der Waals surface area contributed by atoms with Crippen LogP contribution >= 0.6 is 23.2 Å². The number of fused-ring (bicyclic) bond motifs is 1. The highest BCUT2D eigenvalue weighted by molar-refractivity contribution is 6.45. The molecule has 0 bridgehead atoms. The first kappa shape index (κ1) is 13.2. The lowest BCUT2D eigenvalue weighted by molar-refractivity contribution is 0.795. The van der Waals surface area contributed by atoms with E-state index in [1.54, 1.807) is 4.57 Å². The Bertz CT molecular complexity index is 825. The van der Waals surface area contributed by atoms with Crippen LogP contribution in [0.5, 0.6) is 0 Å². The molecule has 2 aromatic carbocycles. The van der Waals surface area contributed by atoms with Gasteiger partial charge in [-0.2, -0.15) is 0 Å². The number of aromatic nitrogens is 1. The maximum Gasteiger partial charge on any atom is 0.271 e. The standard InChI is InChI=1S/C16H11Cl2NO/c17-14-12-8-4-5-9-13(12)19(16(20)15(14)18)10-11-6-2-1-3-7-11/h1-9H,10H2. The van der Waals surface area contributed by atoms with Crippen LogP contribution in [-0.2, 0) is 6.54 Å². The molecule has 0 N–H and O–H groups in total. The number of nitrogens with zero attached hydrogens (tertiary/aromatic N) is 1. The summed E-state index contributed by atoms with van der Waals surface area (Å²) in [5.41, 5.74) is 1.56. The topological polar surface area (TPSA) is 22.0 Å². The summed E-state index contributed by atoms with van der Waals surface area (Å²) in [5, 5.41) is 1.17. The minimum atomic E-state index is -0.265. The van der Waals surface area contributed by atoms with Crippen LogP contribution in [0.3, 0.4) is 0 Å². The molecule has 0 aliphatic heterocycles. The van der Waals surface area contributed by atoms with Crippen LogP contribution in [0.15, 0.2) is 59.4 Å². The van der Waals surface area contributed by atoms with Gasteiger partial charge in [-0.15, -0.1) is 0 Å². The van der Waals surface area contributed by atoms with Gasteiger partial charge >= 0.3 is 0 Å². The molecule has 20 heavy (non-hydrogen) atoms. The monoisotopic (exact) mass is 303 g/mol. The Morgan fingerprint density at radius 2 is 1.50 bits per heavy atom. The molecule has 1 aromatic heterocycles. The van der Waals surface area contributed by atoms with Gasteiger partial charge in [0.05, 0.1) is 17.1 Å². The third kappa shape index (κ3) is 2.21. The van der Waals surface area contributed by atoms with Crippen molar-refractivity contribution in [2.24, 2.45) is 0 Å². The zero-order valence-corrected chi connectivity index (χ0v) is 12.0. The molecule has 0 saturated carbocycles. The smallest absolute Gasteiger partial charge is 0.271 e. The SMILES string of the molecule is O=c1c(Cl)c(Cl)c2ccccc2n1Cc1ccccc1. The zero-order chi connectivity index (χ0) is 14.1. The summed E-state index contributed by atoms with van der Waals surface area (Å²) in [6.07, 6.45) is 0. The number of halogens is 2. The van der Waals surface area contributed by atoms with Crippen LogP contribution in [0.2, 0.25) is 10.0 Å². The number of rotatable bonds is 2. The molecule has 0 aliphatic rings. The van der Waals surface area contributed by atoms with E-state index in [1.807, 2.05) is 54.6 Å². The van der Waals surface area contributed by atoms with Gasteiger partial charge in [-0.1, -0.05) is 71.7 Å². The molecule has 0 atom stereocenters. The molecule has 0 spiro atoms. The maximum absolute atomic E-state index is 12.4. The van der Waals surface area contributed by atoms with E-state index < -0.39 is 0 Å². The van der Waals surface area contributed by atoms with Crippen LogP contribution in [0.4, 0.5) is 0 Å². The normalized spacial score (nSPS) is 10.9. The van der Waals surface area contributed by atoms with Crippen LogP contribution in [0.1, 0.15) is 5.56 Å². The lowest BCUT2D eigenvalue weighted by atomic mass is 10.2. The van der Waals surface area contributed by atoms with Gasteiger partial charge in [0.15, 0.2) is 0 Å². The Kier molecular flexibility index (Phi) is 3.51. The molecule has 0 radical (unpaired) electrons. The van der Waals surface area contributed by atoms with Gasteiger partial charge in [0, 0.05) is 5.39 Å². The fourth-order valence-electron chi connectivity index (χ4n) is 2.26. The van der Waals surface area contributed by atoms with Crippen LogP contribution in [0.25, 0.3) is 10.9 Å². The molecule has 4 heteroatoms. The second kappa shape index (κ2) is 5.31. The van der Waals surface area contributed by atoms with E-state index in [1.165, 1.54) is 0 Å². The van der Waals surface area contributed by atoms with Crippen molar-refractivity contribution < 1.29 is 0 Å². The van der Waals surface area contributed by atoms with Gasteiger partial charge in [-0.3, -0.25) is 4.79 Å². The second-order valence-corrected chi connectivity index (χ2v) is 5.28. The molecule has 0 unspecified atom stereocenters. The highest BCUT2D eigenvalue weighted by Crippen LogP contribution is 2.28. The fourth-order valence-corrected chi connectivity index (χ4v) is 2.70. The maximum atomic E-state index is 12.4. The van der Waals surface area contributed by atoms with E-state index in [2.05, 4.69) is 0 Å². The molecule has 100 valence electrons. The van der Waals surface area contributed by atoms with Crippen molar-refractivity contribution in [3.63, 3.8) is 0 Å². The summed E-state index contributed by atoms with van der Waals surface area (Å²) in [4.78, 5) is 12.4. The second-order valence-electron chi connectivity index (χ2n) is 4.52. The highest BCUT2D eigenvalue weighted by Gasteiger charge is 2.13. The molecule has 2 nitrogen and oxygen atoms in total. The Balaban J connectivity index is 2.27. The predicted octanol–water partition coefficient (Wildman–Crippen LogP) is 4.36. The Labute approximate surface area is 126 Å². The average molecular weight is 304 g/mol. The van der Waals surface area contributed by atoms with Crippen LogP contribution in [0, 0.1) is 0 Å². The summed E-state index contributed by atoms with van der Waals surface area (Å²) in [6, 6.07) is 17.3. The quantitative estimate of drug-likeness (QED) is 0.689.